The number of benzene rings is 1. The van der Waals surface area contributed by atoms with Crippen molar-refractivity contribution in [3.63, 3.8) is 0 Å². The van der Waals surface area contributed by atoms with Crippen LogP contribution in [0.15, 0.2) is 30.3 Å². The molecular weight excluding hydrogens is 493 g/mol. The van der Waals surface area contributed by atoms with E-state index in [1.165, 1.54) is 12.0 Å². The number of ether oxygens (including phenoxy) is 1. The average Bonchev–Trinajstić information content (AvgIpc) is 3.48. The third kappa shape index (κ3) is 5.80. The van der Waals surface area contributed by atoms with Crippen molar-refractivity contribution in [1.29, 1.82) is 0 Å². The van der Waals surface area contributed by atoms with E-state index in [1.807, 2.05) is 39.0 Å². The zero-order valence-corrected chi connectivity index (χ0v) is 24.5. The summed E-state index contributed by atoms with van der Waals surface area (Å²) in [5.41, 5.74) is 0.596. The highest BCUT2D eigenvalue weighted by atomic mass is 16.7. The second-order valence-electron chi connectivity index (χ2n) is 13.8. The van der Waals surface area contributed by atoms with E-state index in [-0.39, 0.29) is 41.2 Å². The highest BCUT2D eigenvalue weighted by molar-refractivity contribution is 6.47. The minimum absolute atomic E-state index is 0.0595. The summed E-state index contributed by atoms with van der Waals surface area (Å²) in [6, 6.07) is 9.96. The Bertz CT molecular complexity index is 1050. The smallest absolute Gasteiger partial charge is 0.444 e. The zero-order chi connectivity index (χ0) is 28.0. The van der Waals surface area contributed by atoms with Gasteiger partial charge in [0.15, 0.2) is 0 Å². The minimum atomic E-state index is -0.550. The number of urea groups is 1. The predicted octanol–water partition coefficient (Wildman–Crippen LogP) is 4.95. The Morgan fingerprint density at radius 2 is 1.92 bits per heavy atom. The number of rotatable bonds is 7. The summed E-state index contributed by atoms with van der Waals surface area (Å²) in [6.07, 6.45) is 5.19. The summed E-state index contributed by atoms with van der Waals surface area (Å²) in [5, 5.41) is 6.19. The van der Waals surface area contributed by atoms with Gasteiger partial charge in [-0.05, 0) is 89.0 Å². The molecule has 2 heterocycles. The molecule has 6 atom stereocenters. The molecule has 3 amide bonds. The fraction of sp³-hybridized carbons (Fsp3) is 0.733. The number of nitrogens with one attached hydrogen (secondary N) is 2. The molecule has 5 fully saturated rings. The Morgan fingerprint density at radius 1 is 1.18 bits per heavy atom. The van der Waals surface area contributed by atoms with Crippen molar-refractivity contribution in [3.05, 3.63) is 35.9 Å². The van der Waals surface area contributed by atoms with E-state index in [0.717, 1.165) is 25.7 Å². The number of carbonyl (C=O) groups is 2. The van der Waals surface area contributed by atoms with Gasteiger partial charge in [-0.25, -0.2) is 9.59 Å². The van der Waals surface area contributed by atoms with E-state index in [9.17, 15) is 9.59 Å². The van der Waals surface area contributed by atoms with Crippen LogP contribution >= 0.6 is 0 Å². The van der Waals surface area contributed by atoms with Gasteiger partial charge in [-0.15, -0.1) is 0 Å². The van der Waals surface area contributed by atoms with Gasteiger partial charge in [0.2, 0.25) is 0 Å². The molecule has 2 bridgehead atoms. The Kier molecular flexibility index (Phi) is 7.70. The van der Waals surface area contributed by atoms with Crippen LogP contribution in [-0.4, -0.2) is 66.5 Å². The first-order valence-electron chi connectivity index (χ1n) is 14.8. The normalized spacial score (nSPS) is 31.7. The number of carbonyl (C=O) groups excluding carboxylic acids is 2. The van der Waals surface area contributed by atoms with E-state index < -0.39 is 12.7 Å². The van der Waals surface area contributed by atoms with Crippen molar-refractivity contribution >= 4 is 19.2 Å². The first-order valence-corrected chi connectivity index (χ1v) is 14.8. The van der Waals surface area contributed by atoms with Crippen LogP contribution in [-0.2, 0) is 20.5 Å². The first-order chi connectivity index (χ1) is 18.4. The Balaban J connectivity index is 1.22. The standard InChI is InChI=1S/C30H46BN3O5/c1-28(2,3)37-27(36)34-16-10-13-22(34)19-32-26(35)33-25(15-14-20-11-8-7-9-12-20)31-38-24-18-21-17-23(29(21,4)5)30(24,6)39-31/h7-9,11-12,21-25H,10,13-19H2,1-6H3,(H2,32,33,35)/t21-,22+,23-,24+,25-,30-/m0/s1. The van der Waals surface area contributed by atoms with Crippen molar-refractivity contribution in [3.8, 4) is 0 Å². The lowest BCUT2D eigenvalue weighted by Crippen LogP contribution is -2.65. The SMILES string of the molecule is CC(C)(C)OC(=O)N1CCC[C@@H]1CNC(=O)N[C@@H](CCc1ccccc1)B1O[C@@H]2C[C@@H]3C[C@@H](C3(C)C)[C@]2(C)O1. The molecule has 1 aromatic rings. The lowest BCUT2D eigenvalue weighted by molar-refractivity contribution is -0.199. The molecule has 5 aliphatic rings. The maximum absolute atomic E-state index is 13.2. The molecule has 3 aliphatic carbocycles. The third-order valence-corrected chi connectivity index (χ3v) is 9.70. The van der Waals surface area contributed by atoms with E-state index in [0.29, 0.717) is 31.3 Å². The van der Waals surface area contributed by atoms with Gasteiger partial charge in [0.05, 0.1) is 23.7 Å². The topological polar surface area (TPSA) is 89.1 Å². The van der Waals surface area contributed by atoms with Gasteiger partial charge in [-0.1, -0.05) is 44.2 Å². The Labute approximate surface area is 234 Å². The van der Waals surface area contributed by atoms with E-state index in [1.54, 1.807) is 4.90 Å². The summed E-state index contributed by atoms with van der Waals surface area (Å²) in [7, 11) is -0.491. The van der Waals surface area contributed by atoms with Gasteiger partial charge in [0.25, 0.3) is 0 Å². The highest BCUT2D eigenvalue weighted by Crippen LogP contribution is 2.65. The molecule has 9 heteroatoms. The molecule has 0 radical (unpaired) electrons. The first kappa shape index (κ1) is 28.3. The monoisotopic (exact) mass is 539 g/mol. The van der Waals surface area contributed by atoms with E-state index in [4.69, 9.17) is 14.0 Å². The molecule has 2 N–H and O–H groups in total. The van der Waals surface area contributed by atoms with Gasteiger partial charge in [0.1, 0.15) is 5.60 Å². The van der Waals surface area contributed by atoms with Crippen molar-refractivity contribution in [2.45, 2.75) is 109 Å². The van der Waals surface area contributed by atoms with E-state index >= 15 is 0 Å². The van der Waals surface area contributed by atoms with Crippen LogP contribution < -0.4 is 10.6 Å². The molecule has 214 valence electrons. The molecule has 2 saturated heterocycles. The molecule has 39 heavy (non-hydrogen) atoms. The molecule has 8 nitrogen and oxygen atoms in total. The van der Waals surface area contributed by atoms with Crippen molar-refractivity contribution in [2.24, 2.45) is 17.3 Å². The second kappa shape index (κ2) is 10.6. The van der Waals surface area contributed by atoms with Crippen LogP contribution in [0.25, 0.3) is 0 Å². The second-order valence-corrected chi connectivity index (χ2v) is 13.8. The molecule has 0 unspecified atom stereocenters. The number of amides is 3. The minimum Gasteiger partial charge on any atom is -0.444 e. The van der Waals surface area contributed by atoms with Crippen LogP contribution in [0, 0.1) is 17.3 Å². The Morgan fingerprint density at radius 3 is 2.62 bits per heavy atom. The number of aryl methyl sites for hydroxylation is 1. The van der Waals surface area contributed by atoms with Gasteiger partial charge >= 0.3 is 19.2 Å². The summed E-state index contributed by atoms with van der Waals surface area (Å²) >= 11 is 0. The number of hydrogen-bond acceptors (Lipinski definition) is 5. The maximum atomic E-state index is 13.2. The van der Waals surface area contributed by atoms with Crippen LogP contribution in [0.3, 0.4) is 0 Å². The molecule has 6 rings (SSSR count). The van der Waals surface area contributed by atoms with Crippen LogP contribution in [0.2, 0.25) is 0 Å². The third-order valence-electron chi connectivity index (χ3n) is 9.70. The summed E-state index contributed by atoms with van der Waals surface area (Å²) in [5.74, 6) is 0.836. The number of hydrogen-bond donors (Lipinski definition) is 2. The van der Waals surface area contributed by atoms with Gasteiger partial charge in [-0.2, -0.15) is 0 Å². The molecule has 0 aromatic heterocycles. The van der Waals surface area contributed by atoms with Crippen molar-refractivity contribution in [2.75, 3.05) is 13.1 Å². The van der Waals surface area contributed by atoms with Crippen LogP contribution in [0.4, 0.5) is 9.59 Å². The van der Waals surface area contributed by atoms with Crippen molar-refractivity contribution in [1.82, 2.24) is 15.5 Å². The van der Waals surface area contributed by atoms with Gasteiger partial charge in [0, 0.05) is 13.1 Å². The fourth-order valence-electron chi connectivity index (χ4n) is 7.35. The molecule has 2 aliphatic heterocycles. The summed E-state index contributed by atoms with van der Waals surface area (Å²) < 4.78 is 18.9. The molecule has 3 saturated carbocycles. The lowest BCUT2D eigenvalue weighted by Gasteiger charge is -2.64. The predicted molar refractivity (Wildman–Crippen MR) is 151 cm³/mol. The highest BCUT2D eigenvalue weighted by Gasteiger charge is 2.68. The maximum Gasteiger partial charge on any atom is 0.481 e. The largest absolute Gasteiger partial charge is 0.481 e. The van der Waals surface area contributed by atoms with Gasteiger partial charge < -0.3 is 29.6 Å². The zero-order valence-electron chi connectivity index (χ0n) is 24.5. The molecular formula is C30H46BN3O5. The van der Waals surface area contributed by atoms with Crippen molar-refractivity contribution < 1.29 is 23.6 Å². The lowest BCUT2D eigenvalue weighted by atomic mass is 9.43. The fourth-order valence-corrected chi connectivity index (χ4v) is 7.35. The molecule has 1 aromatic carbocycles. The van der Waals surface area contributed by atoms with Crippen LogP contribution in [0.1, 0.15) is 79.2 Å². The quantitative estimate of drug-likeness (QED) is 0.479. The summed E-state index contributed by atoms with van der Waals surface area (Å²) in [4.78, 5) is 27.6. The Hall–Kier alpha value is -2.26. The number of nitrogens with zero attached hydrogens (tertiary/aromatic N) is 1. The van der Waals surface area contributed by atoms with Crippen LogP contribution in [0.5, 0.6) is 0 Å². The number of likely N-dealkylation sites (tertiary alicyclic amines) is 1. The van der Waals surface area contributed by atoms with Gasteiger partial charge in [-0.3, -0.25) is 0 Å². The van der Waals surface area contributed by atoms with E-state index in [2.05, 4.69) is 43.5 Å². The molecule has 0 spiro atoms. The average molecular weight is 540 g/mol. The summed E-state index contributed by atoms with van der Waals surface area (Å²) in [6.45, 7) is 13.5.